The van der Waals surface area contributed by atoms with Crippen molar-refractivity contribution in [2.24, 2.45) is 5.92 Å². The lowest BCUT2D eigenvalue weighted by atomic mass is 10.1. The van der Waals surface area contributed by atoms with E-state index in [4.69, 9.17) is 4.74 Å². The Bertz CT molecular complexity index is 398. The van der Waals surface area contributed by atoms with Crippen LogP contribution < -0.4 is 10.2 Å². The van der Waals surface area contributed by atoms with Crippen LogP contribution in [0.4, 0.5) is 0 Å². The van der Waals surface area contributed by atoms with Crippen LogP contribution >= 0.6 is 0 Å². The van der Waals surface area contributed by atoms with Gasteiger partial charge in [0.1, 0.15) is 0 Å². The molecule has 1 aliphatic rings. The van der Waals surface area contributed by atoms with Crippen molar-refractivity contribution in [3.63, 3.8) is 0 Å². The normalized spacial score (nSPS) is 24.4. The third kappa shape index (κ3) is 1.52. The summed E-state index contributed by atoms with van der Waals surface area (Å²) < 4.78 is 5.17. The van der Waals surface area contributed by atoms with Gasteiger partial charge >= 0.3 is 0 Å². The second-order valence-corrected chi connectivity index (χ2v) is 3.89. The van der Waals surface area contributed by atoms with Crippen LogP contribution in [0.5, 0.6) is 5.75 Å². The Balaban J connectivity index is 2.54. The molecule has 1 fully saturated rings. The molecule has 1 aliphatic carbocycles. The second-order valence-electron chi connectivity index (χ2n) is 3.89. The number of hydrogen-bond donors (Lipinski definition) is 0. The number of hydrogen-bond acceptors (Lipinski definition) is 2. The van der Waals surface area contributed by atoms with E-state index in [1.54, 1.807) is 19.2 Å². The molecule has 2 heteroatoms. The van der Waals surface area contributed by atoms with Crippen molar-refractivity contribution in [2.45, 2.75) is 19.3 Å². The minimum atomic E-state index is -0.0217. The molecule has 74 valence electrons. The third-order valence-corrected chi connectivity index (χ3v) is 2.83. The number of rotatable bonds is 2. The van der Waals surface area contributed by atoms with E-state index in [9.17, 15) is 4.79 Å². The van der Waals surface area contributed by atoms with Crippen LogP contribution in [0.3, 0.4) is 0 Å². The minimum absolute atomic E-state index is 0.0217. The first-order valence-electron chi connectivity index (χ1n) is 4.91. The quantitative estimate of drug-likeness (QED) is 0.714. The zero-order valence-corrected chi connectivity index (χ0v) is 8.49. The molecule has 1 aromatic rings. The van der Waals surface area contributed by atoms with E-state index in [1.165, 1.54) is 6.42 Å². The second kappa shape index (κ2) is 3.45. The van der Waals surface area contributed by atoms with Crippen molar-refractivity contribution in [1.29, 1.82) is 0 Å². The lowest BCUT2D eigenvalue weighted by Crippen LogP contribution is -2.03. The van der Waals surface area contributed by atoms with Crippen LogP contribution in [-0.2, 0) is 0 Å². The molecule has 0 radical (unpaired) electrons. The van der Waals surface area contributed by atoms with Gasteiger partial charge in [-0.25, -0.2) is 0 Å². The monoisotopic (exact) mass is 190 g/mol. The molecule has 0 aliphatic heterocycles. The maximum atomic E-state index is 11.6. The standard InChI is InChI=1S/C12H14O2/c1-8-7-10(8)9-5-3-4-6-11(13)12(9)14-2/h3-6,8,10H,7H2,1-2H3/t8-,10?/m1/s1. The molecular formula is C12H14O2. The summed E-state index contributed by atoms with van der Waals surface area (Å²) in [5.74, 6) is 1.72. The molecule has 0 amide bonds. The zero-order chi connectivity index (χ0) is 10.1. The molecule has 1 aromatic carbocycles. The fourth-order valence-electron chi connectivity index (χ4n) is 1.86. The Labute approximate surface area is 83.5 Å². The van der Waals surface area contributed by atoms with E-state index in [0.717, 1.165) is 5.56 Å². The molecule has 2 atom stereocenters. The van der Waals surface area contributed by atoms with Crippen LogP contribution in [0, 0.1) is 5.92 Å². The molecule has 0 heterocycles. The highest BCUT2D eigenvalue weighted by atomic mass is 16.5. The lowest BCUT2D eigenvalue weighted by Gasteiger charge is -2.02. The molecule has 14 heavy (non-hydrogen) atoms. The summed E-state index contributed by atoms with van der Waals surface area (Å²) in [6.45, 7) is 2.20. The van der Waals surface area contributed by atoms with E-state index in [1.807, 2.05) is 12.1 Å². The van der Waals surface area contributed by atoms with Crippen LogP contribution in [0.15, 0.2) is 29.1 Å². The van der Waals surface area contributed by atoms with E-state index < -0.39 is 0 Å². The maximum Gasteiger partial charge on any atom is 0.220 e. The molecule has 0 N–H and O–H groups in total. The van der Waals surface area contributed by atoms with Gasteiger partial charge in [-0.1, -0.05) is 25.1 Å². The predicted molar refractivity (Wildman–Crippen MR) is 55.8 cm³/mol. The highest BCUT2D eigenvalue weighted by Gasteiger charge is 2.36. The first-order chi connectivity index (χ1) is 6.74. The van der Waals surface area contributed by atoms with Gasteiger partial charge in [0, 0.05) is 5.56 Å². The van der Waals surface area contributed by atoms with Gasteiger partial charge in [0.25, 0.3) is 0 Å². The van der Waals surface area contributed by atoms with Gasteiger partial charge in [-0.15, -0.1) is 0 Å². The van der Waals surface area contributed by atoms with Crippen molar-refractivity contribution in [1.82, 2.24) is 0 Å². The van der Waals surface area contributed by atoms with Gasteiger partial charge in [-0.3, -0.25) is 4.79 Å². The van der Waals surface area contributed by atoms with Crippen LogP contribution in [-0.4, -0.2) is 7.11 Å². The fraction of sp³-hybridized carbons (Fsp3) is 0.417. The minimum Gasteiger partial charge on any atom is -0.492 e. The number of methoxy groups -OCH3 is 1. The van der Waals surface area contributed by atoms with Crippen LogP contribution in [0.1, 0.15) is 24.8 Å². The SMILES string of the molecule is COc1c(C2C[C@H]2C)ccccc1=O. The molecule has 2 nitrogen and oxygen atoms in total. The summed E-state index contributed by atoms with van der Waals surface area (Å²) in [7, 11) is 1.56. The molecule has 0 bridgehead atoms. The Morgan fingerprint density at radius 3 is 2.57 bits per heavy atom. The molecule has 0 aromatic heterocycles. The van der Waals surface area contributed by atoms with Crippen molar-refractivity contribution >= 4 is 0 Å². The summed E-state index contributed by atoms with van der Waals surface area (Å²) >= 11 is 0. The van der Waals surface area contributed by atoms with Gasteiger partial charge in [0.2, 0.25) is 5.43 Å². The Morgan fingerprint density at radius 1 is 1.36 bits per heavy atom. The maximum absolute atomic E-state index is 11.6. The molecule has 0 saturated heterocycles. The molecule has 2 rings (SSSR count). The molecule has 0 spiro atoms. The fourth-order valence-corrected chi connectivity index (χ4v) is 1.86. The predicted octanol–water partition coefficient (Wildman–Crippen LogP) is 2.18. The topological polar surface area (TPSA) is 26.3 Å². The van der Waals surface area contributed by atoms with E-state index in [2.05, 4.69) is 6.92 Å². The first kappa shape index (κ1) is 9.25. The van der Waals surface area contributed by atoms with E-state index >= 15 is 0 Å². The van der Waals surface area contributed by atoms with Gasteiger partial charge in [-0.05, 0) is 24.3 Å². The molecule has 1 unspecified atom stereocenters. The summed E-state index contributed by atoms with van der Waals surface area (Å²) in [6.07, 6.45) is 1.17. The average molecular weight is 190 g/mol. The smallest absolute Gasteiger partial charge is 0.220 e. The van der Waals surface area contributed by atoms with Crippen molar-refractivity contribution in [3.8, 4) is 5.75 Å². The van der Waals surface area contributed by atoms with Gasteiger partial charge < -0.3 is 4.74 Å². The van der Waals surface area contributed by atoms with Gasteiger partial charge in [0.15, 0.2) is 5.75 Å². The highest BCUT2D eigenvalue weighted by molar-refractivity contribution is 5.38. The third-order valence-electron chi connectivity index (χ3n) is 2.83. The van der Waals surface area contributed by atoms with Crippen LogP contribution in [0.2, 0.25) is 0 Å². The lowest BCUT2D eigenvalue weighted by molar-refractivity contribution is 0.406. The molecular weight excluding hydrogens is 176 g/mol. The summed E-state index contributed by atoms with van der Waals surface area (Å²) in [5, 5.41) is 0. The summed E-state index contributed by atoms with van der Waals surface area (Å²) in [4.78, 5) is 11.6. The largest absolute Gasteiger partial charge is 0.492 e. The Morgan fingerprint density at radius 2 is 2.00 bits per heavy atom. The average Bonchev–Trinajstić information content (AvgIpc) is 2.89. The van der Waals surface area contributed by atoms with E-state index in [-0.39, 0.29) is 5.43 Å². The summed E-state index contributed by atoms with van der Waals surface area (Å²) in [6, 6.07) is 7.22. The Hall–Kier alpha value is -1.31. The van der Waals surface area contributed by atoms with Crippen molar-refractivity contribution < 1.29 is 4.74 Å². The van der Waals surface area contributed by atoms with E-state index in [0.29, 0.717) is 17.6 Å². The Kier molecular flexibility index (Phi) is 2.28. The first-order valence-corrected chi connectivity index (χ1v) is 4.91. The highest BCUT2D eigenvalue weighted by Crippen LogP contribution is 2.48. The van der Waals surface area contributed by atoms with Crippen LogP contribution in [0.25, 0.3) is 0 Å². The van der Waals surface area contributed by atoms with Crippen molar-refractivity contribution in [2.75, 3.05) is 7.11 Å². The van der Waals surface area contributed by atoms with Crippen molar-refractivity contribution in [3.05, 3.63) is 40.1 Å². The zero-order valence-electron chi connectivity index (χ0n) is 8.49. The summed E-state index contributed by atoms with van der Waals surface area (Å²) in [5.41, 5.74) is 1.04. The van der Waals surface area contributed by atoms with Gasteiger partial charge in [-0.2, -0.15) is 0 Å². The van der Waals surface area contributed by atoms with Gasteiger partial charge in [0.05, 0.1) is 7.11 Å². The number of ether oxygens (including phenoxy) is 1. The molecule has 1 saturated carbocycles.